The minimum absolute atomic E-state index is 0.227. The fourth-order valence-corrected chi connectivity index (χ4v) is 3.82. The van der Waals surface area contributed by atoms with E-state index in [9.17, 15) is 0 Å². The Morgan fingerprint density at radius 1 is 1.28 bits per heavy atom. The lowest BCUT2D eigenvalue weighted by Gasteiger charge is -2.03. The number of hydrogen-bond acceptors (Lipinski definition) is 4. The van der Waals surface area contributed by atoms with Crippen molar-refractivity contribution in [1.82, 2.24) is 5.16 Å². The molecule has 2 aromatic rings. The molecule has 0 radical (unpaired) electrons. The molecule has 0 unspecified atom stereocenters. The van der Waals surface area contributed by atoms with Crippen molar-refractivity contribution in [1.29, 1.82) is 0 Å². The summed E-state index contributed by atoms with van der Waals surface area (Å²) in [7, 11) is 0. The van der Waals surface area contributed by atoms with Gasteiger partial charge in [-0.3, -0.25) is 0 Å². The molecule has 18 heavy (non-hydrogen) atoms. The van der Waals surface area contributed by atoms with Gasteiger partial charge in [-0.15, -0.1) is 11.3 Å². The van der Waals surface area contributed by atoms with Gasteiger partial charge in [0, 0.05) is 10.8 Å². The molecule has 0 amide bonds. The minimum atomic E-state index is 0.227. The number of nitrogens with zero attached hydrogens (tertiary/aromatic N) is 1. The number of nitrogen functional groups attached to an aromatic ring is 1. The molecule has 1 aliphatic carbocycles. The second-order valence-corrected chi connectivity index (χ2v) is 7.11. The number of nitrogens with two attached hydrogens (primary N) is 1. The molecule has 0 bridgehead atoms. The Morgan fingerprint density at radius 2 is 1.94 bits per heavy atom. The van der Waals surface area contributed by atoms with Gasteiger partial charge in [0.2, 0.25) is 0 Å². The predicted molar refractivity (Wildman–Crippen MR) is 74.5 cm³/mol. The molecule has 1 aliphatic rings. The van der Waals surface area contributed by atoms with Gasteiger partial charge in [-0.2, -0.15) is 0 Å². The molecule has 96 valence electrons. The zero-order chi connectivity index (χ0) is 13.1. The summed E-state index contributed by atoms with van der Waals surface area (Å²) in [4.78, 5) is 1.14. The van der Waals surface area contributed by atoms with E-state index in [1.807, 2.05) is 6.07 Å². The van der Waals surface area contributed by atoms with E-state index in [0.29, 0.717) is 11.7 Å². The first-order valence-corrected chi connectivity index (χ1v) is 7.04. The van der Waals surface area contributed by atoms with Gasteiger partial charge in [0.25, 0.3) is 0 Å². The summed E-state index contributed by atoms with van der Waals surface area (Å²) in [5, 5.41) is 6.02. The van der Waals surface area contributed by atoms with E-state index in [0.717, 1.165) is 16.2 Å². The van der Waals surface area contributed by atoms with Crippen molar-refractivity contribution in [2.45, 2.75) is 33.6 Å². The van der Waals surface area contributed by atoms with Crippen LogP contribution in [0.3, 0.4) is 0 Å². The van der Waals surface area contributed by atoms with Crippen LogP contribution in [0.15, 0.2) is 22.0 Å². The third-order valence-corrected chi connectivity index (χ3v) is 5.68. The molecular formula is C14H18N2OS. The van der Waals surface area contributed by atoms with Crippen LogP contribution in [0.1, 0.15) is 39.4 Å². The molecule has 0 saturated heterocycles. The van der Waals surface area contributed by atoms with Crippen molar-refractivity contribution in [3.8, 4) is 10.4 Å². The second-order valence-electron chi connectivity index (χ2n) is 6.16. The molecule has 0 aromatic carbocycles. The normalized spacial score (nSPS) is 21.1. The Balaban J connectivity index is 2.11. The quantitative estimate of drug-likeness (QED) is 0.885. The van der Waals surface area contributed by atoms with Crippen LogP contribution in [0, 0.1) is 10.8 Å². The minimum Gasteiger partial charge on any atom is -0.380 e. The first-order chi connectivity index (χ1) is 8.37. The molecular weight excluding hydrogens is 244 g/mol. The average molecular weight is 262 g/mol. The summed E-state index contributed by atoms with van der Waals surface area (Å²) in [6, 6.07) is 4.10. The third-order valence-electron chi connectivity index (χ3n) is 4.80. The van der Waals surface area contributed by atoms with E-state index in [-0.39, 0.29) is 10.8 Å². The highest BCUT2D eigenvalue weighted by molar-refractivity contribution is 7.13. The summed E-state index contributed by atoms with van der Waals surface area (Å²) in [5.74, 6) is 1.84. The third kappa shape index (κ3) is 1.32. The largest absolute Gasteiger partial charge is 0.380 e. The van der Waals surface area contributed by atoms with Crippen LogP contribution < -0.4 is 5.73 Å². The Kier molecular flexibility index (Phi) is 2.21. The maximum Gasteiger partial charge on any atom is 0.175 e. The summed E-state index contributed by atoms with van der Waals surface area (Å²) in [6.07, 6.45) is 0. The highest BCUT2D eigenvalue weighted by Gasteiger charge is 2.67. The van der Waals surface area contributed by atoms with Gasteiger partial charge >= 0.3 is 0 Å². The molecule has 1 saturated carbocycles. The molecule has 3 nitrogen and oxygen atoms in total. The summed E-state index contributed by atoms with van der Waals surface area (Å²) in [6.45, 7) is 9.09. The average Bonchev–Trinajstić information content (AvgIpc) is 2.76. The molecule has 2 aromatic heterocycles. The highest BCUT2D eigenvalue weighted by atomic mass is 32.1. The second kappa shape index (κ2) is 3.38. The summed E-state index contributed by atoms with van der Waals surface area (Å²) in [5.41, 5.74) is 7.43. The van der Waals surface area contributed by atoms with E-state index in [1.165, 1.54) is 0 Å². The highest BCUT2D eigenvalue weighted by Crippen LogP contribution is 2.74. The molecule has 0 spiro atoms. The smallest absolute Gasteiger partial charge is 0.175 e. The predicted octanol–water partition coefficient (Wildman–Crippen LogP) is 4.13. The zero-order valence-electron chi connectivity index (χ0n) is 11.2. The Morgan fingerprint density at radius 3 is 2.44 bits per heavy atom. The van der Waals surface area contributed by atoms with Crippen molar-refractivity contribution in [3.63, 3.8) is 0 Å². The van der Waals surface area contributed by atoms with Gasteiger partial charge in [0.15, 0.2) is 11.6 Å². The number of anilines is 1. The fourth-order valence-electron chi connectivity index (χ4n) is 3.03. The van der Waals surface area contributed by atoms with Gasteiger partial charge in [-0.05, 0) is 22.3 Å². The zero-order valence-corrected chi connectivity index (χ0v) is 12.0. The van der Waals surface area contributed by atoms with Crippen LogP contribution in [-0.4, -0.2) is 5.16 Å². The molecule has 3 rings (SSSR count). The van der Waals surface area contributed by atoms with Crippen molar-refractivity contribution in [3.05, 3.63) is 23.3 Å². The van der Waals surface area contributed by atoms with Crippen LogP contribution in [0.2, 0.25) is 0 Å². The summed E-state index contributed by atoms with van der Waals surface area (Å²) >= 11 is 1.67. The molecule has 1 fully saturated rings. The van der Waals surface area contributed by atoms with Gasteiger partial charge in [0.05, 0.1) is 5.56 Å². The van der Waals surface area contributed by atoms with Crippen LogP contribution in [0.4, 0.5) is 5.82 Å². The molecule has 2 N–H and O–H groups in total. The lowest BCUT2D eigenvalue weighted by atomic mass is 10.0. The Labute approximate surface area is 111 Å². The SMILES string of the molecule is CC1(C)C(c2onc(N)c2-c2cccs2)C1(C)C. The van der Waals surface area contributed by atoms with Crippen molar-refractivity contribution in [2.75, 3.05) is 5.73 Å². The van der Waals surface area contributed by atoms with Gasteiger partial charge in [-0.1, -0.05) is 38.9 Å². The Hall–Kier alpha value is -1.29. The van der Waals surface area contributed by atoms with Crippen LogP contribution >= 0.6 is 11.3 Å². The van der Waals surface area contributed by atoms with Crippen molar-refractivity contribution in [2.24, 2.45) is 10.8 Å². The maximum atomic E-state index is 5.98. The summed E-state index contributed by atoms with van der Waals surface area (Å²) < 4.78 is 5.55. The van der Waals surface area contributed by atoms with Crippen LogP contribution in [-0.2, 0) is 0 Å². The van der Waals surface area contributed by atoms with E-state index in [4.69, 9.17) is 10.3 Å². The first kappa shape index (κ1) is 11.8. The van der Waals surface area contributed by atoms with Crippen LogP contribution in [0.25, 0.3) is 10.4 Å². The lowest BCUT2D eigenvalue weighted by Crippen LogP contribution is -1.95. The number of thiophene rings is 1. The number of hydrogen-bond donors (Lipinski definition) is 1. The van der Waals surface area contributed by atoms with Gasteiger partial charge in [0.1, 0.15) is 0 Å². The van der Waals surface area contributed by atoms with E-state index < -0.39 is 0 Å². The topological polar surface area (TPSA) is 52.0 Å². The van der Waals surface area contributed by atoms with Crippen molar-refractivity contribution >= 4 is 17.2 Å². The fraction of sp³-hybridized carbons (Fsp3) is 0.500. The standard InChI is InChI=1S/C14H18N2OS/c1-13(2)11(14(13,3)4)10-9(12(15)16-17-10)8-6-5-7-18-8/h5-7,11H,1-4H3,(H2,15,16). The number of rotatable bonds is 2. The molecule has 0 atom stereocenters. The molecule has 4 heteroatoms. The maximum absolute atomic E-state index is 5.98. The molecule has 0 aliphatic heterocycles. The van der Waals surface area contributed by atoms with E-state index in [1.54, 1.807) is 11.3 Å². The van der Waals surface area contributed by atoms with E-state index >= 15 is 0 Å². The molecule has 2 heterocycles. The van der Waals surface area contributed by atoms with Gasteiger partial charge < -0.3 is 10.3 Å². The monoisotopic (exact) mass is 262 g/mol. The first-order valence-electron chi connectivity index (χ1n) is 6.16. The van der Waals surface area contributed by atoms with Gasteiger partial charge in [-0.25, -0.2) is 0 Å². The lowest BCUT2D eigenvalue weighted by molar-refractivity contribution is 0.374. The Bertz CT molecular complexity index is 567. The van der Waals surface area contributed by atoms with Crippen LogP contribution in [0.5, 0.6) is 0 Å². The van der Waals surface area contributed by atoms with Crippen molar-refractivity contribution < 1.29 is 4.52 Å². The van der Waals surface area contributed by atoms with E-state index in [2.05, 4.69) is 44.3 Å². The number of aromatic nitrogens is 1.